The van der Waals surface area contributed by atoms with Crippen LogP contribution in [0.4, 0.5) is 5.69 Å². The second-order valence-electron chi connectivity index (χ2n) is 3.28. The number of carbonyl (C=O) groups excluding carboxylic acids is 1. The van der Waals surface area contributed by atoms with Gasteiger partial charge in [0.2, 0.25) is 0 Å². The first-order valence-electron chi connectivity index (χ1n) is 5.05. The van der Waals surface area contributed by atoms with Crippen LogP contribution in [0.1, 0.15) is 31.1 Å². The van der Waals surface area contributed by atoms with Crippen LogP contribution in [0.3, 0.4) is 0 Å². The Labute approximate surface area is 85.5 Å². The highest BCUT2D eigenvalue weighted by Gasteiger charge is 2.04. The maximum Gasteiger partial charge on any atom is 0.159 e. The highest BCUT2D eigenvalue weighted by Crippen LogP contribution is 2.15. The van der Waals surface area contributed by atoms with Crippen LogP contribution in [0.25, 0.3) is 0 Å². The summed E-state index contributed by atoms with van der Waals surface area (Å²) in [5.41, 5.74) is 1.91. The third-order valence-corrected chi connectivity index (χ3v) is 2.38. The maximum atomic E-state index is 11.2. The summed E-state index contributed by atoms with van der Waals surface area (Å²) in [6, 6.07) is 7.79. The van der Waals surface area contributed by atoms with Crippen molar-refractivity contribution in [3.05, 3.63) is 29.8 Å². The second kappa shape index (κ2) is 4.80. The largest absolute Gasteiger partial charge is 0.372 e. The molecule has 0 bridgehead atoms. The topological polar surface area (TPSA) is 20.3 Å². The first kappa shape index (κ1) is 10.8. The van der Waals surface area contributed by atoms with E-state index in [1.165, 1.54) is 0 Å². The number of Topliss-reactive ketones (excluding diaryl/α,β-unsaturated/α-hetero) is 1. The van der Waals surface area contributed by atoms with Gasteiger partial charge >= 0.3 is 0 Å². The van der Waals surface area contributed by atoms with Crippen LogP contribution in [0.2, 0.25) is 0 Å². The highest BCUT2D eigenvalue weighted by molar-refractivity contribution is 5.94. The number of ketones is 1. The van der Waals surface area contributed by atoms with Crippen molar-refractivity contribution in [2.75, 3.05) is 18.0 Å². The molecule has 0 saturated carbocycles. The quantitative estimate of drug-likeness (QED) is 0.682. The summed E-state index contributed by atoms with van der Waals surface area (Å²) in [4.78, 5) is 13.4. The summed E-state index contributed by atoms with van der Waals surface area (Å²) in [5.74, 6) is 0.124. The minimum Gasteiger partial charge on any atom is -0.372 e. The summed E-state index contributed by atoms with van der Waals surface area (Å²) in [6.45, 7) is 7.77. The fraction of sp³-hybridized carbons (Fsp3) is 0.417. The monoisotopic (exact) mass is 191 g/mol. The standard InChI is InChI=1S/C12H17NO/c1-4-13(5-2)12-8-6-7-11(9-12)10(3)14/h6-9H,4-5H2,1-3H3. The Kier molecular flexibility index (Phi) is 3.69. The zero-order valence-corrected chi connectivity index (χ0v) is 9.08. The maximum absolute atomic E-state index is 11.2. The molecule has 1 aromatic carbocycles. The van der Waals surface area contributed by atoms with Gasteiger partial charge in [0.1, 0.15) is 0 Å². The van der Waals surface area contributed by atoms with Crippen molar-refractivity contribution in [3.63, 3.8) is 0 Å². The molecule has 0 radical (unpaired) electrons. The Balaban J connectivity index is 2.98. The molecule has 2 nitrogen and oxygen atoms in total. The number of carbonyl (C=O) groups is 1. The Bertz CT molecular complexity index is 316. The highest BCUT2D eigenvalue weighted by atomic mass is 16.1. The van der Waals surface area contributed by atoms with Gasteiger partial charge in [0.25, 0.3) is 0 Å². The Hall–Kier alpha value is -1.31. The molecule has 0 aromatic heterocycles. The van der Waals surface area contributed by atoms with Crippen LogP contribution in [0.15, 0.2) is 24.3 Å². The molecule has 0 spiro atoms. The molecule has 0 unspecified atom stereocenters. The lowest BCUT2D eigenvalue weighted by Gasteiger charge is -2.21. The average Bonchev–Trinajstić information content (AvgIpc) is 2.20. The number of rotatable bonds is 4. The molecule has 0 aliphatic carbocycles. The average molecular weight is 191 g/mol. The molecule has 0 amide bonds. The third-order valence-electron chi connectivity index (χ3n) is 2.38. The molecule has 1 rings (SSSR count). The van der Waals surface area contributed by atoms with Crippen molar-refractivity contribution in [1.82, 2.24) is 0 Å². The molecule has 1 aromatic rings. The lowest BCUT2D eigenvalue weighted by atomic mass is 10.1. The van der Waals surface area contributed by atoms with Gasteiger partial charge in [-0.2, -0.15) is 0 Å². The van der Waals surface area contributed by atoms with Gasteiger partial charge in [0.05, 0.1) is 0 Å². The van der Waals surface area contributed by atoms with Gasteiger partial charge in [-0.05, 0) is 32.9 Å². The molecule has 0 aliphatic rings. The molecule has 2 heteroatoms. The van der Waals surface area contributed by atoms with E-state index < -0.39 is 0 Å². The number of nitrogens with zero attached hydrogens (tertiary/aromatic N) is 1. The van der Waals surface area contributed by atoms with Crippen molar-refractivity contribution < 1.29 is 4.79 Å². The lowest BCUT2D eigenvalue weighted by Crippen LogP contribution is -2.21. The number of benzene rings is 1. The first-order chi connectivity index (χ1) is 6.69. The molecular weight excluding hydrogens is 174 g/mol. The fourth-order valence-corrected chi connectivity index (χ4v) is 1.51. The van der Waals surface area contributed by atoms with Crippen LogP contribution in [0.5, 0.6) is 0 Å². The Morgan fingerprint density at radius 2 is 1.93 bits per heavy atom. The number of hydrogen-bond acceptors (Lipinski definition) is 2. The van der Waals surface area contributed by atoms with Crippen LogP contribution < -0.4 is 4.90 Å². The van der Waals surface area contributed by atoms with Crippen LogP contribution in [-0.2, 0) is 0 Å². The third kappa shape index (κ3) is 2.34. The first-order valence-corrected chi connectivity index (χ1v) is 5.05. The minimum absolute atomic E-state index is 0.124. The zero-order valence-electron chi connectivity index (χ0n) is 9.08. The van der Waals surface area contributed by atoms with Crippen molar-refractivity contribution in [1.29, 1.82) is 0 Å². The number of anilines is 1. The summed E-state index contributed by atoms with van der Waals surface area (Å²) in [5, 5.41) is 0. The fourth-order valence-electron chi connectivity index (χ4n) is 1.51. The predicted molar refractivity (Wildman–Crippen MR) is 60.0 cm³/mol. The molecule has 0 aliphatic heterocycles. The smallest absolute Gasteiger partial charge is 0.159 e. The molecule has 0 atom stereocenters. The van der Waals surface area contributed by atoms with Gasteiger partial charge in [-0.1, -0.05) is 12.1 Å². The molecule has 0 fully saturated rings. The summed E-state index contributed by atoms with van der Waals surface area (Å²) in [6.07, 6.45) is 0. The summed E-state index contributed by atoms with van der Waals surface area (Å²) in [7, 11) is 0. The van der Waals surface area contributed by atoms with E-state index in [9.17, 15) is 4.79 Å². The molecule has 76 valence electrons. The lowest BCUT2D eigenvalue weighted by molar-refractivity contribution is 0.101. The number of hydrogen-bond donors (Lipinski definition) is 0. The molecule has 14 heavy (non-hydrogen) atoms. The van der Waals surface area contributed by atoms with Crippen molar-refractivity contribution in [3.8, 4) is 0 Å². The van der Waals surface area contributed by atoms with E-state index in [-0.39, 0.29) is 5.78 Å². The second-order valence-corrected chi connectivity index (χ2v) is 3.28. The van der Waals surface area contributed by atoms with E-state index in [0.29, 0.717) is 0 Å². The van der Waals surface area contributed by atoms with E-state index in [1.807, 2.05) is 24.3 Å². The van der Waals surface area contributed by atoms with Crippen LogP contribution >= 0.6 is 0 Å². The van der Waals surface area contributed by atoms with E-state index in [2.05, 4.69) is 18.7 Å². The Morgan fingerprint density at radius 1 is 1.29 bits per heavy atom. The molecular formula is C12H17NO. The zero-order chi connectivity index (χ0) is 10.6. The van der Waals surface area contributed by atoms with E-state index >= 15 is 0 Å². The van der Waals surface area contributed by atoms with Gasteiger partial charge in [-0.15, -0.1) is 0 Å². The van der Waals surface area contributed by atoms with Crippen LogP contribution in [-0.4, -0.2) is 18.9 Å². The summed E-state index contributed by atoms with van der Waals surface area (Å²) >= 11 is 0. The van der Waals surface area contributed by atoms with Crippen molar-refractivity contribution in [2.24, 2.45) is 0 Å². The minimum atomic E-state index is 0.124. The van der Waals surface area contributed by atoms with Gasteiger partial charge in [0.15, 0.2) is 5.78 Å². The molecule has 0 heterocycles. The van der Waals surface area contributed by atoms with Crippen LogP contribution in [0, 0.1) is 0 Å². The summed E-state index contributed by atoms with van der Waals surface area (Å²) < 4.78 is 0. The van der Waals surface area contributed by atoms with E-state index in [1.54, 1.807) is 6.92 Å². The van der Waals surface area contributed by atoms with Gasteiger partial charge in [-0.3, -0.25) is 4.79 Å². The molecule has 0 N–H and O–H groups in total. The van der Waals surface area contributed by atoms with Gasteiger partial charge in [0, 0.05) is 24.3 Å². The SMILES string of the molecule is CCN(CC)c1cccc(C(C)=O)c1. The van der Waals surface area contributed by atoms with Crippen molar-refractivity contribution >= 4 is 11.5 Å². The normalized spacial score (nSPS) is 9.93. The Morgan fingerprint density at radius 3 is 2.43 bits per heavy atom. The van der Waals surface area contributed by atoms with Crippen molar-refractivity contribution in [2.45, 2.75) is 20.8 Å². The van der Waals surface area contributed by atoms with E-state index in [4.69, 9.17) is 0 Å². The van der Waals surface area contributed by atoms with Gasteiger partial charge in [-0.25, -0.2) is 0 Å². The predicted octanol–water partition coefficient (Wildman–Crippen LogP) is 2.74. The molecule has 0 saturated heterocycles. The van der Waals surface area contributed by atoms with E-state index in [0.717, 1.165) is 24.3 Å². The van der Waals surface area contributed by atoms with Gasteiger partial charge < -0.3 is 4.90 Å².